The Kier molecular flexibility index (Phi) is 7.37. The summed E-state index contributed by atoms with van der Waals surface area (Å²) in [6, 6.07) is 7.99. The Bertz CT molecular complexity index is 896. The van der Waals surface area contributed by atoms with Crippen LogP contribution >= 0.6 is 0 Å². The van der Waals surface area contributed by atoms with Gasteiger partial charge in [-0.05, 0) is 57.9 Å². The Hall–Kier alpha value is -2.19. The smallest absolute Gasteiger partial charge is 0.256 e. The Balaban J connectivity index is 2.21. The molecule has 2 aromatic rings. The lowest BCUT2D eigenvalue weighted by molar-refractivity contribution is 0.102. The summed E-state index contributed by atoms with van der Waals surface area (Å²) < 4.78 is 28.9. The fraction of sp³-hybridized carbons (Fsp3) is 0.500. The zero-order valence-electron chi connectivity index (χ0n) is 17.3. The van der Waals surface area contributed by atoms with E-state index < -0.39 is 10.0 Å². The van der Waals surface area contributed by atoms with E-state index in [0.717, 1.165) is 18.5 Å². The molecule has 1 heterocycles. The maximum absolute atomic E-state index is 12.8. The predicted octanol–water partition coefficient (Wildman–Crippen LogP) is 3.84. The molecule has 1 amide bonds. The van der Waals surface area contributed by atoms with Gasteiger partial charge in [-0.1, -0.05) is 13.8 Å². The molecule has 0 saturated heterocycles. The van der Waals surface area contributed by atoms with Gasteiger partial charge in [0.2, 0.25) is 10.0 Å². The lowest BCUT2D eigenvalue weighted by Crippen LogP contribution is -2.32. The van der Waals surface area contributed by atoms with Crippen LogP contribution in [0.25, 0.3) is 0 Å². The number of hydrogen-bond acceptors (Lipinski definition) is 4. The molecular formula is C20H30N4O3S. The third-order valence-corrected chi connectivity index (χ3v) is 6.20. The highest BCUT2D eigenvalue weighted by Gasteiger charge is 2.23. The molecule has 0 bridgehead atoms. The van der Waals surface area contributed by atoms with Gasteiger partial charge in [-0.2, -0.15) is 9.40 Å². The van der Waals surface area contributed by atoms with E-state index in [1.807, 2.05) is 40.7 Å². The molecule has 154 valence electrons. The van der Waals surface area contributed by atoms with Gasteiger partial charge >= 0.3 is 0 Å². The van der Waals surface area contributed by atoms with Crippen molar-refractivity contribution in [3.8, 4) is 0 Å². The first-order valence-corrected chi connectivity index (χ1v) is 11.1. The number of nitrogens with zero attached hydrogens (tertiary/aromatic N) is 3. The van der Waals surface area contributed by atoms with Crippen molar-refractivity contribution in [2.24, 2.45) is 0 Å². The molecule has 8 heteroatoms. The quantitative estimate of drug-likeness (QED) is 0.686. The summed E-state index contributed by atoms with van der Waals surface area (Å²) >= 11 is 0. The molecule has 0 fully saturated rings. The van der Waals surface area contributed by atoms with Crippen LogP contribution in [0.2, 0.25) is 0 Å². The molecule has 0 saturated carbocycles. The minimum Gasteiger partial charge on any atom is -0.307 e. The van der Waals surface area contributed by atoms with E-state index >= 15 is 0 Å². The third kappa shape index (κ3) is 4.99. The van der Waals surface area contributed by atoms with E-state index in [2.05, 4.69) is 10.4 Å². The molecular weight excluding hydrogens is 376 g/mol. The molecule has 0 spiro atoms. The number of benzene rings is 1. The maximum Gasteiger partial charge on any atom is 0.256 e. The number of nitrogens with one attached hydrogen (secondary N) is 1. The van der Waals surface area contributed by atoms with Crippen molar-refractivity contribution in [3.05, 3.63) is 41.6 Å². The minimum atomic E-state index is -3.55. The first-order chi connectivity index (χ1) is 13.2. The van der Waals surface area contributed by atoms with E-state index in [0.29, 0.717) is 24.5 Å². The number of amides is 1. The number of carbonyl (C=O) groups is 1. The zero-order chi connectivity index (χ0) is 20.9. The molecule has 0 aliphatic carbocycles. The van der Waals surface area contributed by atoms with Gasteiger partial charge in [0.15, 0.2) is 0 Å². The summed E-state index contributed by atoms with van der Waals surface area (Å²) in [4.78, 5) is 12.8. The molecule has 0 radical (unpaired) electrons. The number of sulfonamides is 1. The Labute approximate surface area is 167 Å². The second-order valence-corrected chi connectivity index (χ2v) is 9.03. The molecule has 7 nitrogen and oxygen atoms in total. The number of aryl methyl sites for hydroxylation is 1. The molecule has 1 aromatic heterocycles. The number of carbonyl (C=O) groups excluding carboxylic acids is 1. The molecule has 1 N–H and O–H groups in total. The molecule has 28 heavy (non-hydrogen) atoms. The lowest BCUT2D eigenvalue weighted by atomic mass is 10.2. The van der Waals surface area contributed by atoms with E-state index in [4.69, 9.17) is 0 Å². The van der Waals surface area contributed by atoms with Crippen molar-refractivity contribution >= 4 is 21.7 Å². The van der Waals surface area contributed by atoms with Gasteiger partial charge in [-0.25, -0.2) is 13.1 Å². The standard InChI is InChI=1S/C20H30N4O3S/c1-6-12-23(13-7-2)28(26,27)18-10-8-17(9-11-18)20(25)21-19-14-16(5)22-24(19)15(3)4/h8-11,14-15H,6-7,12-13H2,1-5H3,(H,21,25). The topological polar surface area (TPSA) is 84.3 Å². The van der Waals surface area contributed by atoms with E-state index in [-0.39, 0.29) is 16.8 Å². The predicted molar refractivity (Wildman–Crippen MR) is 111 cm³/mol. The first kappa shape index (κ1) is 22.1. The highest BCUT2D eigenvalue weighted by atomic mass is 32.2. The van der Waals surface area contributed by atoms with E-state index in [1.54, 1.807) is 16.8 Å². The van der Waals surface area contributed by atoms with Crippen LogP contribution < -0.4 is 5.32 Å². The Morgan fingerprint density at radius 2 is 1.71 bits per heavy atom. The van der Waals surface area contributed by atoms with Crippen LogP contribution in [0, 0.1) is 6.92 Å². The lowest BCUT2D eigenvalue weighted by Gasteiger charge is -2.21. The van der Waals surface area contributed by atoms with Crippen LogP contribution in [0.4, 0.5) is 5.82 Å². The molecule has 0 unspecified atom stereocenters. The Morgan fingerprint density at radius 1 is 1.14 bits per heavy atom. The number of aromatic nitrogens is 2. The molecule has 0 aliphatic rings. The zero-order valence-corrected chi connectivity index (χ0v) is 18.1. The first-order valence-electron chi connectivity index (χ1n) is 9.68. The fourth-order valence-corrected chi connectivity index (χ4v) is 4.59. The second-order valence-electron chi connectivity index (χ2n) is 7.09. The van der Waals surface area contributed by atoms with E-state index in [9.17, 15) is 13.2 Å². The maximum atomic E-state index is 12.8. The third-order valence-electron chi connectivity index (χ3n) is 4.29. The average Bonchev–Trinajstić information content (AvgIpc) is 3.02. The van der Waals surface area contributed by atoms with Gasteiger partial charge in [0.1, 0.15) is 5.82 Å². The summed E-state index contributed by atoms with van der Waals surface area (Å²) in [5.41, 5.74) is 1.21. The van der Waals surface area contributed by atoms with Crippen LogP contribution in [-0.2, 0) is 10.0 Å². The number of rotatable bonds is 9. The summed E-state index contributed by atoms with van der Waals surface area (Å²) in [6.07, 6.45) is 1.51. The van der Waals surface area contributed by atoms with Gasteiger partial charge in [0.25, 0.3) is 5.91 Å². The molecule has 2 rings (SSSR count). The largest absolute Gasteiger partial charge is 0.307 e. The van der Waals surface area contributed by atoms with Crippen molar-refractivity contribution in [2.45, 2.75) is 58.4 Å². The van der Waals surface area contributed by atoms with Crippen molar-refractivity contribution in [3.63, 3.8) is 0 Å². The normalized spacial score (nSPS) is 12.0. The van der Waals surface area contributed by atoms with Crippen molar-refractivity contribution in [1.82, 2.24) is 14.1 Å². The SMILES string of the molecule is CCCN(CCC)S(=O)(=O)c1ccc(C(=O)Nc2cc(C)nn2C(C)C)cc1. The highest BCUT2D eigenvalue weighted by Crippen LogP contribution is 2.20. The Morgan fingerprint density at radius 3 is 2.21 bits per heavy atom. The monoisotopic (exact) mass is 406 g/mol. The van der Waals surface area contributed by atoms with Gasteiger partial charge < -0.3 is 5.32 Å². The van der Waals surface area contributed by atoms with E-state index in [1.165, 1.54) is 16.4 Å². The fourth-order valence-electron chi connectivity index (χ4n) is 2.97. The van der Waals surface area contributed by atoms with Crippen LogP contribution in [-0.4, -0.2) is 41.5 Å². The summed E-state index contributed by atoms with van der Waals surface area (Å²) in [7, 11) is -3.55. The van der Waals surface area contributed by atoms with Crippen LogP contribution in [0.3, 0.4) is 0 Å². The van der Waals surface area contributed by atoms with Gasteiger partial charge in [0, 0.05) is 30.8 Å². The van der Waals surface area contributed by atoms with Crippen molar-refractivity contribution in [1.29, 1.82) is 0 Å². The van der Waals surface area contributed by atoms with Crippen LogP contribution in [0.15, 0.2) is 35.2 Å². The second kappa shape index (κ2) is 9.34. The van der Waals surface area contributed by atoms with Crippen molar-refractivity contribution < 1.29 is 13.2 Å². The number of hydrogen-bond donors (Lipinski definition) is 1. The molecule has 0 atom stereocenters. The minimum absolute atomic E-state index is 0.111. The molecule has 1 aromatic carbocycles. The summed E-state index contributed by atoms with van der Waals surface area (Å²) in [5.74, 6) is 0.316. The average molecular weight is 407 g/mol. The summed E-state index contributed by atoms with van der Waals surface area (Å²) in [6.45, 7) is 10.7. The number of anilines is 1. The highest BCUT2D eigenvalue weighted by molar-refractivity contribution is 7.89. The summed E-state index contributed by atoms with van der Waals surface area (Å²) in [5, 5.41) is 7.23. The van der Waals surface area contributed by atoms with Gasteiger partial charge in [0.05, 0.1) is 10.6 Å². The molecule has 0 aliphatic heterocycles. The van der Waals surface area contributed by atoms with Crippen LogP contribution in [0.5, 0.6) is 0 Å². The van der Waals surface area contributed by atoms with Crippen LogP contribution in [0.1, 0.15) is 62.6 Å². The van der Waals surface area contributed by atoms with Gasteiger partial charge in [-0.3, -0.25) is 4.79 Å². The van der Waals surface area contributed by atoms with Crippen molar-refractivity contribution in [2.75, 3.05) is 18.4 Å². The van der Waals surface area contributed by atoms with Gasteiger partial charge in [-0.15, -0.1) is 0 Å².